The highest BCUT2D eigenvalue weighted by Crippen LogP contribution is 2.39. The second-order valence-electron chi connectivity index (χ2n) is 5.23. The van der Waals surface area contributed by atoms with Gasteiger partial charge in [-0.15, -0.1) is 0 Å². The first kappa shape index (κ1) is 15.4. The number of halogens is 1. The van der Waals surface area contributed by atoms with E-state index in [4.69, 9.17) is 11.6 Å². The predicted molar refractivity (Wildman–Crippen MR) is 90.1 cm³/mol. The Morgan fingerprint density at radius 3 is 2.55 bits per heavy atom. The van der Waals surface area contributed by atoms with E-state index in [-0.39, 0.29) is 11.2 Å². The highest BCUT2D eigenvalue weighted by atomic mass is 35.5. The molecular formula is C17H17ClN2OS. The first-order chi connectivity index (χ1) is 10.8. The largest absolute Gasteiger partial charge is 0.341 e. The third-order valence-electron chi connectivity index (χ3n) is 3.70. The average molecular weight is 333 g/mol. The van der Waals surface area contributed by atoms with E-state index in [1.807, 2.05) is 35.2 Å². The summed E-state index contributed by atoms with van der Waals surface area (Å²) in [5.74, 6) is 0.149. The molecule has 1 fully saturated rings. The fourth-order valence-electron chi connectivity index (χ4n) is 2.56. The number of pyridine rings is 1. The summed E-state index contributed by atoms with van der Waals surface area (Å²) in [6.07, 6.45) is 3.88. The van der Waals surface area contributed by atoms with Crippen LogP contribution in [0.5, 0.6) is 0 Å². The number of aromatic nitrogens is 1. The zero-order chi connectivity index (χ0) is 15.4. The molecule has 1 aliphatic rings. The molecule has 1 amide bonds. The molecule has 1 aliphatic heterocycles. The minimum Gasteiger partial charge on any atom is -0.341 e. The quantitative estimate of drug-likeness (QED) is 0.787. The van der Waals surface area contributed by atoms with E-state index in [9.17, 15) is 4.79 Å². The number of nitrogens with zero attached hydrogens (tertiary/aromatic N) is 2. The van der Waals surface area contributed by atoms with Crippen molar-refractivity contribution in [3.05, 3.63) is 59.2 Å². The molecule has 3 rings (SSSR count). The predicted octanol–water partition coefficient (Wildman–Crippen LogP) is 4.19. The van der Waals surface area contributed by atoms with Crippen LogP contribution < -0.4 is 0 Å². The Hall–Kier alpha value is -1.52. The number of hydrogen-bond acceptors (Lipinski definition) is 3. The molecule has 5 heteroatoms. The zero-order valence-corrected chi connectivity index (χ0v) is 13.7. The van der Waals surface area contributed by atoms with Crippen LogP contribution in [0.1, 0.15) is 23.7 Å². The van der Waals surface area contributed by atoms with E-state index in [0.29, 0.717) is 10.0 Å². The van der Waals surface area contributed by atoms with Crippen LogP contribution in [0, 0.1) is 0 Å². The normalized spacial score (nSPS) is 15.8. The van der Waals surface area contributed by atoms with Gasteiger partial charge in [-0.1, -0.05) is 53.7 Å². The topological polar surface area (TPSA) is 33.2 Å². The molecule has 22 heavy (non-hydrogen) atoms. The molecule has 114 valence electrons. The van der Waals surface area contributed by atoms with Crippen molar-refractivity contribution in [1.29, 1.82) is 0 Å². The molecule has 1 saturated heterocycles. The second-order valence-corrected chi connectivity index (χ2v) is 6.73. The van der Waals surface area contributed by atoms with Crippen LogP contribution in [0.2, 0.25) is 5.02 Å². The average Bonchev–Trinajstić information content (AvgIpc) is 3.09. The van der Waals surface area contributed by atoms with E-state index in [1.54, 1.807) is 18.3 Å². The molecule has 0 N–H and O–H groups in total. The van der Waals surface area contributed by atoms with Gasteiger partial charge in [0.1, 0.15) is 10.3 Å². The van der Waals surface area contributed by atoms with E-state index in [0.717, 1.165) is 31.5 Å². The minimum atomic E-state index is -0.299. The highest BCUT2D eigenvalue weighted by Gasteiger charge is 2.29. The smallest absolute Gasteiger partial charge is 0.240 e. The lowest BCUT2D eigenvalue weighted by molar-refractivity contribution is -0.129. The van der Waals surface area contributed by atoms with Crippen LogP contribution in [0.25, 0.3) is 0 Å². The number of amides is 1. The second kappa shape index (κ2) is 7.16. The Kier molecular flexibility index (Phi) is 5.01. The Morgan fingerprint density at radius 2 is 1.86 bits per heavy atom. The Labute approximate surface area is 139 Å². The summed E-state index contributed by atoms with van der Waals surface area (Å²) < 4.78 is 0. The van der Waals surface area contributed by atoms with E-state index in [2.05, 4.69) is 4.98 Å². The maximum Gasteiger partial charge on any atom is 0.240 e. The van der Waals surface area contributed by atoms with Crippen LogP contribution in [0.3, 0.4) is 0 Å². The van der Waals surface area contributed by atoms with Crippen molar-refractivity contribution in [2.24, 2.45) is 0 Å². The lowest BCUT2D eigenvalue weighted by atomic mass is 10.1. The van der Waals surface area contributed by atoms with Gasteiger partial charge in [-0.2, -0.15) is 0 Å². The maximum absolute atomic E-state index is 12.9. The molecule has 1 atom stereocenters. The monoisotopic (exact) mass is 332 g/mol. The molecule has 0 saturated carbocycles. The van der Waals surface area contributed by atoms with Crippen molar-refractivity contribution in [2.75, 3.05) is 13.1 Å². The molecule has 1 aromatic carbocycles. The van der Waals surface area contributed by atoms with Gasteiger partial charge in [0.05, 0.1) is 5.02 Å². The van der Waals surface area contributed by atoms with Gasteiger partial charge in [-0.3, -0.25) is 4.79 Å². The summed E-state index contributed by atoms with van der Waals surface area (Å²) in [7, 11) is 0. The minimum absolute atomic E-state index is 0.149. The summed E-state index contributed by atoms with van der Waals surface area (Å²) in [6, 6.07) is 13.5. The fraction of sp³-hybridized carbons (Fsp3) is 0.294. The first-order valence-corrected chi connectivity index (χ1v) is 8.62. The molecule has 3 nitrogen and oxygen atoms in total. The molecule has 1 unspecified atom stereocenters. The molecule has 2 heterocycles. The summed E-state index contributed by atoms with van der Waals surface area (Å²) in [5.41, 5.74) is 0.992. The van der Waals surface area contributed by atoms with Gasteiger partial charge < -0.3 is 4.90 Å². The lowest BCUT2D eigenvalue weighted by Crippen LogP contribution is -2.31. The van der Waals surface area contributed by atoms with Gasteiger partial charge in [-0.05, 0) is 30.5 Å². The number of rotatable bonds is 4. The molecule has 2 aromatic rings. The van der Waals surface area contributed by atoms with Crippen molar-refractivity contribution in [2.45, 2.75) is 23.1 Å². The van der Waals surface area contributed by atoms with Crippen molar-refractivity contribution in [3.63, 3.8) is 0 Å². The van der Waals surface area contributed by atoms with Crippen LogP contribution in [0.15, 0.2) is 53.7 Å². The standard InChI is InChI=1S/C17H17ClN2OS/c18-14-9-6-10-19-16(14)22-15(13-7-2-1-3-8-13)17(21)20-11-4-5-12-20/h1-3,6-10,15H,4-5,11-12H2. The Bertz CT molecular complexity index is 644. The molecule has 0 aliphatic carbocycles. The lowest BCUT2D eigenvalue weighted by Gasteiger charge is -2.23. The van der Waals surface area contributed by atoms with Gasteiger partial charge in [0, 0.05) is 19.3 Å². The van der Waals surface area contributed by atoms with Crippen LogP contribution >= 0.6 is 23.4 Å². The van der Waals surface area contributed by atoms with Crippen LogP contribution in [-0.2, 0) is 4.79 Å². The number of carbonyl (C=O) groups is 1. The summed E-state index contributed by atoms with van der Waals surface area (Å²) >= 11 is 7.64. The Morgan fingerprint density at radius 1 is 1.14 bits per heavy atom. The number of benzene rings is 1. The number of carbonyl (C=O) groups excluding carboxylic acids is 1. The third kappa shape index (κ3) is 3.45. The van der Waals surface area contributed by atoms with Gasteiger partial charge >= 0.3 is 0 Å². The molecule has 0 radical (unpaired) electrons. The summed E-state index contributed by atoms with van der Waals surface area (Å²) in [6.45, 7) is 1.69. The van der Waals surface area contributed by atoms with Crippen molar-refractivity contribution in [3.8, 4) is 0 Å². The van der Waals surface area contributed by atoms with Crippen molar-refractivity contribution >= 4 is 29.3 Å². The van der Waals surface area contributed by atoms with Gasteiger partial charge in [0.25, 0.3) is 0 Å². The van der Waals surface area contributed by atoms with Crippen molar-refractivity contribution < 1.29 is 4.79 Å². The number of thioether (sulfide) groups is 1. The number of hydrogen-bond donors (Lipinski definition) is 0. The molecule has 1 aromatic heterocycles. The molecular weight excluding hydrogens is 316 g/mol. The number of likely N-dealkylation sites (tertiary alicyclic amines) is 1. The highest BCUT2D eigenvalue weighted by molar-refractivity contribution is 8.00. The van der Waals surface area contributed by atoms with Gasteiger partial charge in [0.2, 0.25) is 5.91 Å². The van der Waals surface area contributed by atoms with Gasteiger partial charge in [0.15, 0.2) is 0 Å². The summed E-state index contributed by atoms with van der Waals surface area (Å²) in [5, 5.41) is 0.986. The first-order valence-electron chi connectivity index (χ1n) is 7.36. The van der Waals surface area contributed by atoms with E-state index in [1.165, 1.54) is 11.8 Å². The summed E-state index contributed by atoms with van der Waals surface area (Å²) in [4.78, 5) is 19.2. The van der Waals surface area contributed by atoms with Crippen molar-refractivity contribution in [1.82, 2.24) is 9.88 Å². The SMILES string of the molecule is O=C(C(Sc1ncccc1Cl)c1ccccc1)N1CCCC1. The van der Waals surface area contributed by atoms with Gasteiger partial charge in [-0.25, -0.2) is 4.98 Å². The molecule has 0 bridgehead atoms. The molecule has 0 spiro atoms. The fourth-order valence-corrected chi connectivity index (χ4v) is 3.89. The third-order valence-corrected chi connectivity index (χ3v) is 5.37. The van der Waals surface area contributed by atoms with Crippen LogP contribution in [0.4, 0.5) is 0 Å². The van der Waals surface area contributed by atoms with Crippen LogP contribution in [-0.4, -0.2) is 28.9 Å². The van der Waals surface area contributed by atoms with E-state index >= 15 is 0 Å². The Balaban J connectivity index is 1.89. The maximum atomic E-state index is 12.9. The van der Waals surface area contributed by atoms with E-state index < -0.39 is 0 Å². The zero-order valence-electron chi connectivity index (χ0n) is 12.1.